The van der Waals surface area contributed by atoms with E-state index in [1.165, 1.54) is 0 Å². The molecular formula is C14H19Cl3N2. The molecule has 1 fully saturated rings. The third kappa shape index (κ3) is 3.30. The van der Waals surface area contributed by atoms with E-state index >= 15 is 0 Å². The van der Waals surface area contributed by atoms with Gasteiger partial charge in [0.25, 0.3) is 0 Å². The van der Waals surface area contributed by atoms with Crippen LogP contribution in [0.4, 0.5) is 5.69 Å². The van der Waals surface area contributed by atoms with E-state index in [0.29, 0.717) is 27.2 Å². The van der Waals surface area contributed by atoms with Gasteiger partial charge in [0.15, 0.2) is 0 Å². The van der Waals surface area contributed by atoms with Gasteiger partial charge >= 0.3 is 0 Å². The maximum absolute atomic E-state index is 6.34. The van der Waals surface area contributed by atoms with E-state index in [-0.39, 0.29) is 0 Å². The highest BCUT2D eigenvalue weighted by atomic mass is 35.5. The van der Waals surface area contributed by atoms with Crippen LogP contribution in [0, 0.1) is 0 Å². The van der Waals surface area contributed by atoms with Crippen LogP contribution in [0.3, 0.4) is 0 Å². The van der Waals surface area contributed by atoms with Crippen molar-refractivity contribution >= 4 is 40.5 Å². The number of halogens is 3. The summed E-state index contributed by atoms with van der Waals surface area (Å²) >= 11 is 18.5. The number of anilines is 1. The quantitative estimate of drug-likeness (QED) is 0.818. The second kappa shape index (κ2) is 6.53. The van der Waals surface area contributed by atoms with Crippen molar-refractivity contribution < 1.29 is 0 Å². The number of rotatable bonds is 3. The standard InChI is InChI=1S/C14H19Cl3N2/c1-3-9-8-19(10(4-2)7-18-9)14-6-12(16)11(15)5-13(14)17/h5-6,9-10,18H,3-4,7-8H2,1-2H3. The average Bonchev–Trinajstić information content (AvgIpc) is 2.42. The van der Waals surface area contributed by atoms with E-state index < -0.39 is 0 Å². The largest absolute Gasteiger partial charge is 0.364 e. The predicted octanol–water partition coefficient (Wildman–Crippen LogP) is 4.61. The number of hydrogen-bond acceptors (Lipinski definition) is 2. The molecule has 2 rings (SSSR count). The summed E-state index contributed by atoms with van der Waals surface area (Å²) in [6, 6.07) is 4.55. The first-order valence-corrected chi connectivity index (χ1v) is 7.84. The fourth-order valence-corrected chi connectivity index (χ4v) is 3.18. The second-order valence-electron chi connectivity index (χ2n) is 4.95. The summed E-state index contributed by atoms with van der Waals surface area (Å²) in [7, 11) is 0. The van der Waals surface area contributed by atoms with Gasteiger partial charge in [0.05, 0.1) is 20.8 Å². The Balaban J connectivity index is 2.33. The van der Waals surface area contributed by atoms with Gasteiger partial charge in [-0.3, -0.25) is 0 Å². The van der Waals surface area contributed by atoms with Crippen LogP contribution in [-0.2, 0) is 0 Å². The van der Waals surface area contributed by atoms with Gasteiger partial charge in [-0.2, -0.15) is 0 Å². The van der Waals surface area contributed by atoms with E-state index in [4.69, 9.17) is 34.8 Å². The Labute approximate surface area is 130 Å². The number of benzene rings is 1. The Morgan fingerprint density at radius 2 is 1.79 bits per heavy atom. The zero-order valence-electron chi connectivity index (χ0n) is 11.2. The molecule has 5 heteroatoms. The van der Waals surface area contributed by atoms with Crippen LogP contribution in [0.15, 0.2) is 12.1 Å². The summed E-state index contributed by atoms with van der Waals surface area (Å²) < 4.78 is 0. The van der Waals surface area contributed by atoms with Crippen LogP contribution >= 0.6 is 34.8 Å². The lowest BCUT2D eigenvalue weighted by molar-refractivity contribution is 0.379. The third-order valence-corrected chi connectivity index (χ3v) is 4.79. The van der Waals surface area contributed by atoms with Crippen LogP contribution in [0.2, 0.25) is 15.1 Å². The van der Waals surface area contributed by atoms with E-state index in [0.717, 1.165) is 31.6 Å². The minimum atomic E-state index is 0.442. The highest BCUT2D eigenvalue weighted by Crippen LogP contribution is 2.36. The maximum atomic E-state index is 6.34. The number of hydrogen-bond donors (Lipinski definition) is 1. The number of piperazine rings is 1. The highest BCUT2D eigenvalue weighted by molar-refractivity contribution is 6.44. The van der Waals surface area contributed by atoms with Crippen molar-refractivity contribution in [1.82, 2.24) is 5.32 Å². The first-order valence-electron chi connectivity index (χ1n) is 6.71. The Morgan fingerprint density at radius 1 is 1.11 bits per heavy atom. The second-order valence-corrected chi connectivity index (χ2v) is 6.17. The smallest absolute Gasteiger partial charge is 0.0655 e. The van der Waals surface area contributed by atoms with Gasteiger partial charge in [-0.25, -0.2) is 0 Å². The molecule has 0 saturated carbocycles. The summed E-state index contributed by atoms with van der Waals surface area (Å²) in [6.07, 6.45) is 2.17. The molecule has 19 heavy (non-hydrogen) atoms. The van der Waals surface area contributed by atoms with Gasteiger partial charge in [-0.1, -0.05) is 48.7 Å². The molecule has 2 unspecified atom stereocenters. The van der Waals surface area contributed by atoms with E-state index in [9.17, 15) is 0 Å². The fourth-order valence-electron chi connectivity index (χ4n) is 2.53. The summed E-state index contributed by atoms with van der Waals surface area (Å²) in [5.41, 5.74) is 0.989. The first kappa shape index (κ1) is 15.2. The molecule has 1 aromatic carbocycles. The molecule has 1 aromatic rings. The van der Waals surface area contributed by atoms with Crippen molar-refractivity contribution in [2.24, 2.45) is 0 Å². The predicted molar refractivity (Wildman–Crippen MR) is 85.0 cm³/mol. The Bertz CT molecular complexity index is 451. The van der Waals surface area contributed by atoms with Crippen molar-refractivity contribution in [3.05, 3.63) is 27.2 Å². The van der Waals surface area contributed by atoms with Crippen molar-refractivity contribution in [3.63, 3.8) is 0 Å². The lowest BCUT2D eigenvalue weighted by atomic mass is 10.0. The van der Waals surface area contributed by atoms with Crippen LogP contribution in [0.5, 0.6) is 0 Å². The van der Waals surface area contributed by atoms with Gasteiger partial charge in [0, 0.05) is 25.2 Å². The first-order chi connectivity index (χ1) is 9.06. The third-order valence-electron chi connectivity index (χ3n) is 3.76. The molecule has 0 bridgehead atoms. The molecule has 1 heterocycles. The molecule has 0 aromatic heterocycles. The minimum Gasteiger partial charge on any atom is -0.364 e. The molecule has 1 aliphatic heterocycles. The highest BCUT2D eigenvalue weighted by Gasteiger charge is 2.27. The Morgan fingerprint density at radius 3 is 2.42 bits per heavy atom. The lowest BCUT2D eigenvalue weighted by Gasteiger charge is -2.42. The van der Waals surface area contributed by atoms with Gasteiger partial charge < -0.3 is 10.2 Å². The average molecular weight is 322 g/mol. The zero-order chi connectivity index (χ0) is 14.0. The van der Waals surface area contributed by atoms with E-state index in [1.807, 2.05) is 6.07 Å². The van der Waals surface area contributed by atoms with Crippen molar-refractivity contribution in [2.45, 2.75) is 38.8 Å². The molecule has 0 radical (unpaired) electrons. The molecule has 0 amide bonds. The van der Waals surface area contributed by atoms with E-state index in [2.05, 4.69) is 24.1 Å². The SMILES string of the molecule is CCC1CN(c2cc(Cl)c(Cl)cc2Cl)C(CC)CN1. The van der Waals surface area contributed by atoms with Gasteiger partial charge in [0.1, 0.15) is 0 Å². The normalized spacial score (nSPS) is 23.7. The van der Waals surface area contributed by atoms with Crippen LogP contribution in [-0.4, -0.2) is 25.2 Å². The van der Waals surface area contributed by atoms with Crippen molar-refractivity contribution in [3.8, 4) is 0 Å². The lowest BCUT2D eigenvalue weighted by Crippen LogP contribution is -2.56. The van der Waals surface area contributed by atoms with Gasteiger partial charge in [-0.05, 0) is 25.0 Å². The molecule has 106 valence electrons. The fraction of sp³-hybridized carbons (Fsp3) is 0.571. The number of nitrogens with zero attached hydrogens (tertiary/aromatic N) is 1. The molecule has 2 atom stereocenters. The number of nitrogens with one attached hydrogen (secondary N) is 1. The molecule has 0 spiro atoms. The molecule has 1 aliphatic rings. The van der Waals surface area contributed by atoms with E-state index in [1.54, 1.807) is 6.07 Å². The topological polar surface area (TPSA) is 15.3 Å². The summed E-state index contributed by atoms with van der Waals surface area (Å²) in [5, 5.41) is 5.31. The monoisotopic (exact) mass is 320 g/mol. The summed E-state index contributed by atoms with van der Waals surface area (Å²) in [5.74, 6) is 0. The van der Waals surface area contributed by atoms with Crippen LogP contribution in [0.1, 0.15) is 26.7 Å². The molecule has 0 aliphatic carbocycles. The maximum Gasteiger partial charge on any atom is 0.0655 e. The Kier molecular flexibility index (Phi) is 5.24. The van der Waals surface area contributed by atoms with Gasteiger partial charge in [-0.15, -0.1) is 0 Å². The summed E-state index contributed by atoms with van der Waals surface area (Å²) in [4.78, 5) is 2.36. The minimum absolute atomic E-state index is 0.442. The van der Waals surface area contributed by atoms with Crippen molar-refractivity contribution in [2.75, 3.05) is 18.0 Å². The molecule has 1 N–H and O–H groups in total. The molecule has 1 saturated heterocycles. The van der Waals surface area contributed by atoms with Crippen LogP contribution < -0.4 is 10.2 Å². The van der Waals surface area contributed by atoms with Crippen molar-refractivity contribution in [1.29, 1.82) is 0 Å². The molecule has 2 nitrogen and oxygen atoms in total. The molecular weight excluding hydrogens is 303 g/mol. The Hall–Kier alpha value is -0.150. The van der Waals surface area contributed by atoms with Gasteiger partial charge in [0.2, 0.25) is 0 Å². The van der Waals surface area contributed by atoms with Crippen LogP contribution in [0.25, 0.3) is 0 Å². The zero-order valence-corrected chi connectivity index (χ0v) is 13.5. The summed E-state index contributed by atoms with van der Waals surface area (Å²) in [6.45, 7) is 6.31.